The van der Waals surface area contributed by atoms with E-state index in [0.717, 1.165) is 11.1 Å². The Bertz CT molecular complexity index is 701. The number of H-pyrrole nitrogens is 1. The van der Waals surface area contributed by atoms with Crippen molar-refractivity contribution >= 4 is 15.9 Å². The molecule has 0 spiro atoms. The first kappa shape index (κ1) is 12.8. The van der Waals surface area contributed by atoms with Crippen LogP contribution in [0.15, 0.2) is 38.5 Å². The summed E-state index contributed by atoms with van der Waals surface area (Å²) in [6.07, 6.45) is 1.36. The third-order valence-corrected chi connectivity index (χ3v) is 3.50. The molecule has 0 amide bonds. The third kappa shape index (κ3) is 2.46. The Morgan fingerprint density at radius 1 is 1.22 bits per heavy atom. The van der Waals surface area contributed by atoms with Gasteiger partial charge in [0.05, 0.1) is 11.0 Å². The van der Waals surface area contributed by atoms with Gasteiger partial charge in [0.1, 0.15) is 0 Å². The van der Waals surface area contributed by atoms with Gasteiger partial charge in [0.15, 0.2) is 0 Å². The van der Waals surface area contributed by atoms with Gasteiger partial charge in [0.2, 0.25) is 0 Å². The number of aryl methyl sites for hydroxylation is 2. The van der Waals surface area contributed by atoms with E-state index in [1.54, 1.807) is 0 Å². The van der Waals surface area contributed by atoms with Crippen molar-refractivity contribution in [3.63, 3.8) is 0 Å². The number of hydrogen-bond donors (Lipinski definition) is 1. The van der Waals surface area contributed by atoms with E-state index in [-0.39, 0.29) is 12.1 Å². The van der Waals surface area contributed by atoms with Crippen molar-refractivity contribution in [3.05, 3.63) is 66.4 Å². The van der Waals surface area contributed by atoms with Gasteiger partial charge in [-0.2, -0.15) is 0 Å². The predicted molar refractivity (Wildman–Crippen MR) is 74.0 cm³/mol. The SMILES string of the molecule is Cc1ccc(Cn2c(=O)[nH]cc(Br)c2=O)cc1C. The van der Waals surface area contributed by atoms with Crippen LogP contribution < -0.4 is 11.2 Å². The van der Waals surface area contributed by atoms with Gasteiger partial charge in [-0.05, 0) is 46.5 Å². The maximum atomic E-state index is 11.8. The molecule has 5 heteroatoms. The Labute approximate surface area is 112 Å². The van der Waals surface area contributed by atoms with Gasteiger partial charge in [-0.1, -0.05) is 18.2 Å². The van der Waals surface area contributed by atoms with Gasteiger partial charge in [-0.25, -0.2) is 4.79 Å². The molecule has 0 bridgehead atoms. The van der Waals surface area contributed by atoms with Crippen molar-refractivity contribution in [1.82, 2.24) is 9.55 Å². The molecule has 0 radical (unpaired) electrons. The molecule has 0 aliphatic carbocycles. The number of benzene rings is 1. The molecule has 0 atom stereocenters. The van der Waals surface area contributed by atoms with Crippen molar-refractivity contribution < 1.29 is 0 Å². The summed E-state index contributed by atoms with van der Waals surface area (Å²) >= 11 is 3.12. The van der Waals surface area contributed by atoms with Crippen molar-refractivity contribution in [1.29, 1.82) is 0 Å². The summed E-state index contributed by atoms with van der Waals surface area (Å²) in [6, 6.07) is 5.90. The van der Waals surface area contributed by atoms with Crippen LogP contribution in [0.4, 0.5) is 0 Å². The van der Waals surface area contributed by atoms with E-state index < -0.39 is 5.69 Å². The number of aromatic nitrogens is 2. The summed E-state index contributed by atoms with van der Waals surface area (Å²) in [5, 5.41) is 0. The van der Waals surface area contributed by atoms with E-state index in [0.29, 0.717) is 4.47 Å². The molecule has 0 saturated carbocycles. The Kier molecular flexibility index (Phi) is 3.52. The lowest BCUT2D eigenvalue weighted by Crippen LogP contribution is -2.35. The maximum Gasteiger partial charge on any atom is 0.328 e. The molecule has 2 aromatic rings. The minimum Gasteiger partial charge on any atom is -0.313 e. The van der Waals surface area contributed by atoms with Gasteiger partial charge >= 0.3 is 5.69 Å². The normalized spacial score (nSPS) is 10.6. The Morgan fingerprint density at radius 3 is 2.61 bits per heavy atom. The topological polar surface area (TPSA) is 54.9 Å². The van der Waals surface area contributed by atoms with E-state index >= 15 is 0 Å². The Morgan fingerprint density at radius 2 is 1.94 bits per heavy atom. The number of nitrogens with one attached hydrogen (secondary N) is 1. The standard InChI is InChI=1S/C13H13BrN2O2/c1-8-3-4-10(5-9(8)2)7-16-12(17)11(14)6-15-13(16)18/h3-6H,7H2,1-2H3,(H,15,18). The molecule has 2 rings (SSSR count). The molecule has 1 heterocycles. The summed E-state index contributed by atoms with van der Waals surface area (Å²) < 4.78 is 1.53. The largest absolute Gasteiger partial charge is 0.328 e. The van der Waals surface area contributed by atoms with Crippen molar-refractivity contribution in [2.45, 2.75) is 20.4 Å². The highest BCUT2D eigenvalue weighted by Gasteiger charge is 2.06. The number of aromatic amines is 1. The number of nitrogens with zero attached hydrogens (tertiary/aromatic N) is 1. The molecule has 1 aromatic heterocycles. The molecule has 94 valence electrons. The lowest BCUT2D eigenvalue weighted by molar-refractivity contribution is 0.693. The molecule has 0 aliphatic rings. The summed E-state index contributed by atoms with van der Waals surface area (Å²) in [7, 11) is 0. The predicted octanol–water partition coefficient (Wildman–Crippen LogP) is 1.96. The lowest BCUT2D eigenvalue weighted by atomic mass is 10.1. The maximum absolute atomic E-state index is 11.8. The first-order valence-corrected chi connectivity index (χ1v) is 6.32. The summed E-state index contributed by atoms with van der Waals surface area (Å²) in [5.41, 5.74) is 2.54. The molecular weight excluding hydrogens is 296 g/mol. The minimum absolute atomic E-state index is 0.273. The average molecular weight is 309 g/mol. The minimum atomic E-state index is -0.401. The van der Waals surface area contributed by atoms with Crippen LogP contribution in [0.2, 0.25) is 0 Å². The van der Waals surface area contributed by atoms with Crippen LogP contribution in [-0.2, 0) is 6.54 Å². The second-order valence-electron chi connectivity index (χ2n) is 4.25. The smallest absolute Gasteiger partial charge is 0.313 e. The summed E-state index contributed by atoms with van der Waals surface area (Å²) in [5.74, 6) is 0. The molecular formula is C13H13BrN2O2. The van der Waals surface area contributed by atoms with Crippen molar-refractivity contribution in [2.75, 3.05) is 0 Å². The van der Waals surface area contributed by atoms with Crippen LogP contribution in [0.1, 0.15) is 16.7 Å². The Hall–Kier alpha value is -1.62. The number of hydrogen-bond acceptors (Lipinski definition) is 2. The Balaban J connectivity index is 2.46. The molecule has 0 unspecified atom stereocenters. The quantitative estimate of drug-likeness (QED) is 0.922. The summed E-state index contributed by atoms with van der Waals surface area (Å²) in [4.78, 5) is 26.0. The first-order valence-electron chi connectivity index (χ1n) is 5.53. The zero-order valence-electron chi connectivity index (χ0n) is 10.2. The van der Waals surface area contributed by atoms with E-state index in [1.807, 2.05) is 32.0 Å². The second-order valence-corrected chi connectivity index (χ2v) is 5.11. The monoisotopic (exact) mass is 308 g/mol. The van der Waals surface area contributed by atoms with Crippen LogP contribution in [0, 0.1) is 13.8 Å². The molecule has 0 aliphatic heterocycles. The fourth-order valence-corrected chi connectivity index (χ4v) is 2.04. The summed E-state index contributed by atoms with van der Waals surface area (Å²) in [6.45, 7) is 4.30. The lowest BCUT2D eigenvalue weighted by Gasteiger charge is -2.07. The van der Waals surface area contributed by atoms with Gasteiger partial charge in [0, 0.05) is 6.20 Å². The van der Waals surface area contributed by atoms with Gasteiger partial charge < -0.3 is 4.98 Å². The van der Waals surface area contributed by atoms with Gasteiger partial charge in [0.25, 0.3) is 5.56 Å². The fraction of sp³-hybridized carbons (Fsp3) is 0.231. The molecule has 0 fully saturated rings. The molecule has 0 saturated heterocycles. The van der Waals surface area contributed by atoms with Crippen LogP contribution in [0.3, 0.4) is 0 Å². The van der Waals surface area contributed by atoms with E-state index in [9.17, 15) is 9.59 Å². The average Bonchev–Trinajstić information content (AvgIpc) is 2.34. The van der Waals surface area contributed by atoms with Gasteiger partial charge in [-0.15, -0.1) is 0 Å². The van der Waals surface area contributed by atoms with Crippen LogP contribution >= 0.6 is 15.9 Å². The van der Waals surface area contributed by atoms with Crippen LogP contribution in [0.5, 0.6) is 0 Å². The highest BCUT2D eigenvalue weighted by Crippen LogP contribution is 2.10. The highest BCUT2D eigenvalue weighted by molar-refractivity contribution is 9.10. The van der Waals surface area contributed by atoms with Gasteiger partial charge in [-0.3, -0.25) is 9.36 Å². The second kappa shape index (κ2) is 4.94. The molecule has 4 nitrogen and oxygen atoms in total. The molecule has 1 aromatic carbocycles. The highest BCUT2D eigenvalue weighted by atomic mass is 79.9. The fourth-order valence-electron chi connectivity index (χ4n) is 1.71. The van der Waals surface area contributed by atoms with Crippen LogP contribution in [-0.4, -0.2) is 9.55 Å². The van der Waals surface area contributed by atoms with Crippen molar-refractivity contribution in [3.8, 4) is 0 Å². The molecule has 1 N–H and O–H groups in total. The third-order valence-electron chi connectivity index (χ3n) is 2.93. The van der Waals surface area contributed by atoms with Crippen LogP contribution in [0.25, 0.3) is 0 Å². The number of rotatable bonds is 2. The zero-order valence-corrected chi connectivity index (χ0v) is 11.7. The zero-order chi connectivity index (χ0) is 13.3. The van der Waals surface area contributed by atoms with E-state index in [1.165, 1.54) is 16.3 Å². The first-order chi connectivity index (χ1) is 8.49. The number of halogens is 1. The molecule has 18 heavy (non-hydrogen) atoms. The van der Waals surface area contributed by atoms with Crippen molar-refractivity contribution in [2.24, 2.45) is 0 Å². The van der Waals surface area contributed by atoms with E-state index in [4.69, 9.17) is 0 Å². The van der Waals surface area contributed by atoms with E-state index in [2.05, 4.69) is 20.9 Å².